The first-order valence-electron chi connectivity index (χ1n) is 3.27. The highest BCUT2D eigenvalue weighted by Crippen LogP contribution is 2.15. The van der Waals surface area contributed by atoms with Crippen LogP contribution in [-0.2, 0) is 4.74 Å². The summed E-state index contributed by atoms with van der Waals surface area (Å²) in [7, 11) is 0. The second-order valence-corrected chi connectivity index (χ2v) is 2.28. The first-order chi connectivity index (χ1) is 4.34. The van der Waals surface area contributed by atoms with Crippen molar-refractivity contribution in [2.24, 2.45) is 0 Å². The second kappa shape index (κ2) is 2.99. The Hall–Kier alpha value is -0.340. The summed E-state index contributed by atoms with van der Waals surface area (Å²) in [4.78, 5) is 0. The molecule has 1 N–H and O–H groups in total. The van der Waals surface area contributed by atoms with Gasteiger partial charge < -0.3 is 9.84 Å². The maximum absolute atomic E-state index is 9.11. The quantitative estimate of drug-likeness (QED) is 0.555. The average Bonchev–Trinajstić information content (AvgIpc) is 2.37. The molecule has 0 aromatic rings. The molecule has 0 aromatic heterocycles. The highest BCUT2D eigenvalue weighted by molar-refractivity contribution is 4.86. The Morgan fingerprint density at radius 3 is 3.00 bits per heavy atom. The van der Waals surface area contributed by atoms with Crippen molar-refractivity contribution in [1.82, 2.24) is 0 Å². The summed E-state index contributed by atoms with van der Waals surface area (Å²) in [6.45, 7) is 4.26. The largest absolute Gasteiger partial charge is 0.386 e. The van der Waals surface area contributed by atoms with Crippen LogP contribution in [0.4, 0.5) is 0 Å². The van der Waals surface area contributed by atoms with Gasteiger partial charge in [-0.15, -0.1) is 6.58 Å². The molecule has 1 rings (SSSR count). The van der Waals surface area contributed by atoms with E-state index in [-0.39, 0.29) is 6.10 Å². The lowest BCUT2D eigenvalue weighted by atomic mass is 10.1. The fourth-order valence-corrected chi connectivity index (χ4v) is 1.02. The van der Waals surface area contributed by atoms with Gasteiger partial charge in [-0.1, -0.05) is 6.08 Å². The number of aliphatic hydroxyl groups excluding tert-OH is 1. The Kier molecular flexibility index (Phi) is 2.25. The molecule has 9 heavy (non-hydrogen) atoms. The number of aliphatic hydroxyl groups is 1. The molecule has 1 fully saturated rings. The molecular weight excluding hydrogens is 116 g/mol. The third-order valence-corrected chi connectivity index (χ3v) is 1.59. The SMILES string of the molecule is C=C[C@@H](O)[C@@H]1CCCO1. The Bertz CT molecular complexity index is 95.1. The monoisotopic (exact) mass is 128 g/mol. The molecule has 0 unspecified atom stereocenters. The molecule has 0 amide bonds. The smallest absolute Gasteiger partial charge is 0.0980 e. The first-order valence-corrected chi connectivity index (χ1v) is 3.27. The molecule has 2 heteroatoms. The van der Waals surface area contributed by atoms with E-state index in [1.807, 2.05) is 0 Å². The summed E-state index contributed by atoms with van der Waals surface area (Å²) >= 11 is 0. The zero-order valence-corrected chi connectivity index (χ0v) is 5.42. The third-order valence-electron chi connectivity index (χ3n) is 1.59. The number of hydrogen-bond acceptors (Lipinski definition) is 2. The van der Waals surface area contributed by atoms with Crippen molar-refractivity contribution in [2.45, 2.75) is 25.0 Å². The molecule has 2 nitrogen and oxygen atoms in total. The maximum atomic E-state index is 9.11. The van der Waals surface area contributed by atoms with Crippen LogP contribution in [0, 0.1) is 0 Å². The van der Waals surface area contributed by atoms with Gasteiger partial charge in [0.2, 0.25) is 0 Å². The summed E-state index contributed by atoms with van der Waals surface area (Å²) in [5.74, 6) is 0. The summed E-state index contributed by atoms with van der Waals surface area (Å²) in [5.41, 5.74) is 0. The van der Waals surface area contributed by atoms with E-state index in [4.69, 9.17) is 9.84 Å². The molecule has 0 radical (unpaired) electrons. The van der Waals surface area contributed by atoms with Crippen molar-refractivity contribution in [3.8, 4) is 0 Å². The predicted octanol–water partition coefficient (Wildman–Crippen LogP) is 0.712. The van der Waals surface area contributed by atoms with Crippen LogP contribution in [0.25, 0.3) is 0 Å². The summed E-state index contributed by atoms with van der Waals surface area (Å²) in [6.07, 6.45) is 3.11. The van der Waals surface area contributed by atoms with Crippen LogP contribution in [0.1, 0.15) is 12.8 Å². The van der Waals surface area contributed by atoms with Gasteiger partial charge in [0.05, 0.1) is 12.2 Å². The zero-order valence-electron chi connectivity index (χ0n) is 5.42. The lowest BCUT2D eigenvalue weighted by Crippen LogP contribution is -2.22. The second-order valence-electron chi connectivity index (χ2n) is 2.28. The van der Waals surface area contributed by atoms with E-state index >= 15 is 0 Å². The van der Waals surface area contributed by atoms with Crippen LogP contribution in [0.2, 0.25) is 0 Å². The van der Waals surface area contributed by atoms with Gasteiger partial charge in [0.1, 0.15) is 0 Å². The Balaban J connectivity index is 2.32. The van der Waals surface area contributed by atoms with Gasteiger partial charge in [0.25, 0.3) is 0 Å². The molecule has 0 spiro atoms. The van der Waals surface area contributed by atoms with Crippen molar-refractivity contribution < 1.29 is 9.84 Å². The van der Waals surface area contributed by atoms with Gasteiger partial charge in [0.15, 0.2) is 0 Å². The number of ether oxygens (including phenoxy) is 1. The van der Waals surface area contributed by atoms with Crippen molar-refractivity contribution in [1.29, 1.82) is 0 Å². The van der Waals surface area contributed by atoms with E-state index in [1.165, 1.54) is 6.08 Å². The molecule has 0 aliphatic carbocycles. The molecule has 0 saturated carbocycles. The highest BCUT2D eigenvalue weighted by Gasteiger charge is 2.20. The van der Waals surface area contributed by atoms with Crippen LogP contribution in [0.3, 0.4) is 0 Å². The minimum Gasteiger partial charge on any atom is -0.386 e. The zero-order chi connectivity index (χ0) is 6.69. The van der Waals surface area contributed by atoms with Crippen molar-refractivity contribution in [3.05, 3.63) is 12.7 Å². The summed E-state index contributed by atoms with van der Waals surface area (Å²) in [6, 6.07) is 0. The average molecular weight is 128 g/mol. The molecule has 1 saturated heterocycles. The fraction of sp³-hybridized carbons (Fsp3) is 0.714. The van der Waals surface area contributed by atoms with Crippen molar-refractivity contribution in [2.75, 3.05) is 6.61 Å². The minimum atomic E-state index is -0.465. The van der Waals surface area contributed by atoms with Crippen LogP contribution in [0.5, 0.6) is 0 Å². The van der Waals surface area contributed by atoms with E-state index < -0.39 is 6.10 Å². The van der Waals surface area contributed by atoms with Gasteiger partial charge in [-0.05, 0) is 12.8 Å². The molecule has 52 valence electrons. The van der Waals surface area contributed by atoms with Gasteiger partial charge in [-0.3, -0.25) is 0 Å². The normalized spacial score (nSPS) is 30.1. The van der Waals surface area contributed by atoms with Gasteiger partial charge in [0, 0.05) is 6.61 Å². The molecule has 0 aromatic carbocycles. The molecular formula is C7H12O2. The molecule has 0 bridgehead atoms. The minimum absolute atomic E-state index is 0.0162. The molecule has 1 heterocycles. The van der Waals surface area contributed by atoms with Gasteiger partial charge in [-0.25, -0.2) is 0 Å². The van der Waals surface area contributed by atoms with Crippen LogP contribution < -0.4 is 0 Å². The topological polar surface area (TPSA) is 29.5 Å². The highest BCUT2D eigenvalue weighted by atomic mass is 16.5. The van der Waals surface area contributed by atoms with Crippen LogP contribution >= 0.6 is 0 Å². The van der Waals surface area contributed by atoms with E-state index in [2.05, 4.69) is 6.58 Å². The Labute approximate surface area is 55.1 Å². The molecule has 1 aliphatic heterocycles. The van der Waals surface area contributed by atoms with E-state index in [0.29, 0.717) is 0 Å². The Morgan fingerprint density at radius 1 is 1.78 bits per heavy atom. The fourth-order valence-electron chi connectivity index (χ4n) is 1.02. The van der Waals surface area contributed by atoms with Crippen molar-refractivity contribution >= 4 is 0 Å². The van der Waals surface area contributed by atoms with Gasteiger partial charge >= 0.3 is 0 Å². The van der Waals surface area contributed by atoms with E-state index in [1.54, 1.807) is 0 Å². The molecule has 1 aliphatic rings. The lowest BCUT2D eigenvalue weighted by molar-refractivity contribution is 0.0229. The third kappa shape index (κ3) is 1.53. The lowest BCUT2D eigenvalue weighted by Gasteiger charge is -2.11. The van der Waals surface area contributed by atoms with E-state index in [9.17, 15) is 0 Å². The van der Waals surface area contributed by atoms with Crippen LogP contribution in [-0.4, -0.2) is 23.9 Å². The number of hydrogen-bond donors (Lipinski definition) is 1. The molecule has 2 atom stereocenters. The van der Waals surface area contributed by atoms with Crippen molar-refractivity contribution in [3.63, 3.8) is 0 Å². The standard InChI is InChI=1S/C7H12O2/c1-2-6(8)7-4-3-5-9-7/h2,6-8H,1,3-5H2/t6-,7+/m1/s1. The van der Waals surface area contributed by atoms with Gasteiger partial charge in [-0.2, -0.15) is 0 Å². The first kappa shape index (κ1) is 6.78. The number of rotatable bonds is 2. The summed E-state index contributed by atoms with van der Waals surface area (Å²) in [5, 5.41) is 9.11. The van der Waals surface area contributed by atoms with E-state index in [0.717, 1.165) is 19.4 Å². The van der Waals surface area contributed by atoms with Crippen LogP contribution in [0.15, 0.2) is 12.7 Å². The maximum Gasteiger partial charge on any atom is 0.0980 e. The predicted molar refractivity (Wildman–Crippen MR) is 35.2 cm³/mol. The summed E-state index contributed by atoms with van der Waals surface area (Å²) < 4.78 is 5.18. The Morgan fingerprint density at radius 2 is 2.56 bits per heavy atom.